The molecule has 0 bridgehead atoms. The van der Waals surface area contributed by atoms with Crippen molar-refractivity contribution in [3.8, 4) is 0 Å². The number of carbonyl (C=O) groups is 2. The van der Waals surface area contributed by atoms with E-state index in [9.17, 15) is 9.59 Å². The maximum atomic E-state index is 11.6. The van der Waals surface area contributed by atoms with Crippen LogP contribution in [-0.2, 0) is 19.1 Å². The van der Waals surface area contributed by atoms with Crippen LogP contribution in [0.15, 0.2) is 11.8 Å². The molecule has 96 valence electrons. The normalized spacial score (nSPS) is 18.5. The van der Waals surface area contributed by atoms with Crippen molar-refractivity contribution in [2.45, 2.75) is 26.1 Å². The Balaban J connectivity index is 2.74. The van der Waals surface area contributed by atoms with E-state index in [0.717, 1.165) is 6.42 Å². The molecule has 1 aliphatic rings. The average Bonchev–Trinajstić information content (AvgIpc) is 2.19. The Bertz CT molecular complexity index is 327. The van der Waals surface area contributed by atoms with Gasteiger partial charge in [0.05, 0.1) is 0 Å². The van der Waals surface area contributed by atoms with Crippen molar-refractivity contribution in [3.63, 3.8) is 0 Å². The molecular weight excluding hydrogens is 224 g/mol. The Labute approximate surface area is 100 Å². The molecule has 0 atom stereocenters. The molecule has 0 aromatic heterocycles. The second-order valence-electron chi connectivity index (χ2n) is 4.34. The van der Waals surface area contributed by atoms with E-state index in [0.29, 0.717) is 13.1 Å². The van der Waals surface area contributed by atoms with Crippen LogP contribution in [-0.4, -0.2) is 42.8 Å². The minimum absolute atomic E-state index is 0.0937. The Morgan fingerprint density at radius 1 is 1.29 bits per heavy atom. The van der Waals surface area contributed by atoms with E-state index in [4.69, 9.17) is 15.2 Å². The summed E-state index contributed by atoms with van der Waals surface area (Å²) in [5.41, 5.74) is 5.28. The van der Waals surface area contributed by atoms with Gasteiger partial charge in [-0.2, -0.15) is 0 Å². The summed E-state index contributed by atoms with van der Waals surface area (Å²) in [4.78, 5) is 24.9. The Hall–Kier alpha value is -1.56. The van der Waals surface area contributed by atoms with Crippen LogP contribution in [0.3, 0.4) is 0 Å². The molecule has 1 fully saturated rings. The maximum Gasteiger partial charge on any atom is 0.350 e. The second kappa shape index (κ2) is 5.18. The molecule has 1 saturated heterocycles. The fourth-order valence-electron chi connectivity index (χ4n) is 1.39. The van der Waals surface area contributed by atoms with E-state index >= 15 is 0 Å². The van der Waals surface area contributed by atoms with Gasteiger partial charge in [0.2, 0.25) is 0 Å². The zero-order valence-corrected chi connectivity index (χ0v) is 10.4. The van der Waals surface area contributed by atoms with Gasteiger partial charge in [-0.05, 0) is 13.0 Å². The number of esters is 2. The van der Waals surface area contributed by atoms with Gasteiger partial charge >= 0.3 is 11.9 Å². The van der Waals surface area contributed by atoms with E-state index < -0.39 is 17.7 Å². The molecule has 6 nitrogen and oxygen atoms in total. The van der Waals surface area contributed by atoms with Gasteiger partial charge in [-0.25, -0.2) is 9.59 Å². The summed E-state index contributed by atoms with van der Waals surface area (Å²) in [6.45, 7) is 4.23. The molecule has 1 rings (SSSR count). The molecule has 2 N–H and O–H groups in total. The number of carbonyl (C=O) groups excluding carboxylic acids is 2. The van der Waals surface area contributed by atoms with E-state index in [1.165, 1.54) is 20.0 Å². The van der Waals surface area contributed by atoms with Gasteiger partial charge in [0, 0.05) is 33.6 Å². The van der Waals surface area contributed by atoms with Crippen LogP contribution in [0.2, 0.25) is 0 Å². The fourth-order valence-corrected chi connectivity index (χ4v) is 1.39. The fraction of sp³-hybridized carbons (Fsp3) is 0.636. The predicted octanol–water partition coefficient (Wildman–Crippen LogP) is -0.0130. The van der Waals surface area contributed by atoms with Gasteiger partial charge in [-0.15, -0.1) is 0 Å². The first kappa shape index (κ1) is 13.5. The van der Waals surface area contributed by atoms with Crippen LogP contribution in [0, 0.1) is 0 Å². The van der Waals surface area contributed by atoms with Gasteiger partial charge in [0.1, 0.15) is 0 Å². The van der Waals surface area contributed by atoms with E-state index in [2.05, 4.69) is 0 Å². The van der Waals surface area contributed by atoms with Crippen molar-refractivity contribution in [1.29, 1.82) is 0 Å². The SMILES string of the molecule is CN(C=C1C(=O)OC(C)(C)OC1=O)CCCN. The maximum absolute atomic E-state index is 11.6. The lowest BCUT2D eigenvalue weighted by Crippen LogP contribution is -2.42. The summed E-state index contributed by atoms with van der Waals surface area (Å²) in [5, 5.41) is 0. The minimum Gasteiger partial charge on any atom is -0.419 e. The Kier molecular flexibility index (Phi) is 4.11. The third kappa shape index (κ3) is 3.74. The molecule has 0 aromatic rings. The third-order valence-corrected chi connectivity index (χ3v) is 2.18. The van der Waals surface area contributed by atoms with Crippen LogP contribution >= 0.6 is 0 Å². The van der Waals surface area contributed by atoms with Crippen LogP contribution in [0.1, 0.15) is 20.3 Å². The van der Waals surface area contributed by atoms with Crippen molar-refractivity contribution < 1.29 is 19.1 Å². The van der Waals surface area contributed by atoms with Crippen molar-refractivity contribution in [1.82, 2.24) is 4.90 Å². The third-order valence-electron chi connectivity index (χ3n) is 2.18. The highest BCUT2D eigenvalue weighted by atomic mass is 16.7. The van der Waals surface area contributed by atoms with E-state index in [1.54, 1.807) is 11.9 Å². The summed E-state index contributed by atoms with van der Waals surface area (Å²) < 4.78 is 9.92. The zero-order valence-electron chi connectivity index (χ0n) is 10.4. The first-order chi connectivity index (χ1) is 7.85. The summed E-state index contributed by atoms with van der Waals surface area (Å²) in [7, 11) is 1.75. The second-order valence-corrected chi connectivity index (χ2v) is 4.34. The van der Waals surface area contributed by atoms with Crippen molar-refractivity contribution in [2.24, 2.45) is 5.73 Å². The number of cyclic esters (lactones) is 2. The summed E-state index contributed by atoms with van der Waals surface area (Å²) in [6.07, 6.45) is 2.20. The van der Waals surface area contributed by atoms with E-state index in [1.807, 2.05) is 0 Å². The lowest BCUT2D eigenvalue weighted by molar-refractivity contribution is -0.222. The van der Waals surface area contributed by atoms with E-state index in [-0.39, 0.29) is 5.57 Å². The zero-order chi connectivity index (χ0) is 13.1. The van der Waals surface area contributed by atoms with Crippen molar-refractivity contribution in [3.05, 3.63) is 11.8 Å². The molecule has 1 aliphatic heterocycles. The molecule has 0 amide bonds. The van der Waals surface area contributed by atoms with Gasteiger partial charge < -0.3 is 20.1 Å². The predicted molar refractivity (Wildman–Crippen MR) is 60.6 cm³/mol. The van der Waals surface area contributed by atoms with Gasteiger partial charge in [0.25, 0.3) is 5.79 Å². The number of rotatable bonds is 4. The van der Waals surface area contributed by atoms with Gasteiger partial charge in [-0.1, -0.05) is 0 Å². The van der Waals surface area contributed by atoms with Crippen LogP contribution < -0.4 is 5.73 Å². The van der Waals surface area contributed by atoms with Crippen molar-refractivity contribution in [2.75, 3.05) is 20.1 Å². The average molecular weight is 242 g/mol. The van der Waals surface area contributed by atoms with Crippen LogP contribution in [0.5, 0.6) is 0 Å². The van der Waals surface area contributed by atoms with Gasteiger partial charge in [-0.3, -0.25) is 0 Å². The first-order valence-electron chi connectivity index (χ1n) is 5.44. The topological polar surface area (TPSA) is 81.9 Å². The Morgan fingerprint density at radius 2 is 1.82 bits per heavy atom. The smallest absolute Gasteiger partial charge is 0.350 e. The molecule has 6 heteroatoms. The summed E-state index contributed by atoms with van der Waals surface area (Å²) >= 11 is 0. The largest absolute Gasteiger partial charge is 0.419 e. The molecule has 0 unspecified atom stereocenters. The highest BCUT2D eigenvalue weighted by Crippen LogP contribution is 2.22. The quantitative estimate of drug-likeness (QED) is 0.424. The number of ether oxygens (including phenoxy) is 2. The molecular formula is C11H18N2O4. The molecule has 1 heterocycles. The highest BCUT2D eigenvalue weighted by molar-refractivity contribution is 6.15. The first-order valence-corrected chi connectivity index (χ1v) is 5.44. The lowest BCUT2D eigenvalue weighted by Gasteiger charge is -2.30. The minimum atomic E-state index is -1.19. The number of nitrogens with zero attached hydrogens (tertiary/aromatic N) is 1. The number of hydrogen-bond donors (Lipinski definition) is 1. The molecule has 0 aromatic carbocycles. The van der Waals surface area contributed by atoms with Crippen LogP contribution in [0.4, 0.5) is 0 Å². The van der Waals surface area contributed by atoms with Crippen LogP contribution in [0.25, 0.3) is 0 Å². The molecule has 17 heavy (non-hydrogen) atoms. The molecule has 0 spiro atoms. The lowest BCUT2D eigenvalue weighted by atomic mass is 10.2. The number of hydrogen-bond acceptors (Lipinski definition) is 6. The molecule has 0 aliphatic carbocycles. The summed E-state index contributed by atoms with van der Waals surface area (Å²) in [6, 6.07) is 0. The summed E-state index contributed by atoms with van der Waals surface area (Å²) in [5.74, 6) is -2.52. The monoisotopic (exact) mass is 242 g/mol. The molecule has 0 saturated carbocycles. The Morgan fingerprint density at radius 3 is 2.29 bits per heavy atom. The highest BCUT2D eigenvalue weighted by Gasteiger charge is 2.39. The molecule has 0 radical (unpaired) electrons. The standard InChI is InChI=1S/C11H18N2O4/c1-11(2)16-9(14)8(10(15)17-11)7-13(3)6-4-5-12/h7H,4-6,12H2,1-3H3. The number of nitrogens with two attached hydrogens (primary N) is 1. The van der Waals surface area contributed by atoms with Crippen molar-refractivity contribution >= 4 is 11.9 Å². The van der Waals surface area contributed by atoms with Gasteiger partial charge in [0.15, 0.2) is 5.57 Å².